The molecule has 1 aliphatic heterocycles. The molecule has 1 aliphatic rings. The van der Waals surface area contributed by atoms with Crippen molar-refractivity contribution < 1.29 is 19.5 Å². The number of hydrogen-bond donors (Lipinski definition) is 1. The Morgan fingerprint density at radius 2 is 1.93 bits per heavy atom. The lowest BCUT2D eigenvalue weighted by molar-refractivity contribution is -0.145. The standard InChI is InChI=1S/C21H31N3O4/c1-16(25)24(15-21(27)28)18-8-5-12-23(13-11-18)20(26)10-9-17-6-4-7-19(14-17)22(2)3/h4,6-7,14,18H,5,8-13,15H2,1-3H3,(H,27,28). The molecule has 1 atom stereocenters. The number of rotatable bonds is 7. The first-order chi connectivity index (χ1) is 13.3. The van der Waals surface area contributed by atoms with Gasteiger partial charge < -0.3 is 19.8 Å². The largest absolute Gasteiger partial charge is 0.480 e. The molecule has 1 aromatic rings. The van der Waals surface area contributed by atoms with Gasteiger partial charge in [0.2, 0.25) is 11.8 Å². The zero-order chi connectivity index (χ0) is 20.7. The van der Waals surface area contributed by atoms with Crippen LogP contribution in [0.25, 0.3) is 0 Å². The van der Waals surface area contributed by atoms with Crippen LogP contribution < -0.4 is 4.90 Å². The summed E-state index contributed by atoms with van der Waals surface area (Å²) in [6, 6.07) is 8.06. The fraction of sp³-hybridized carbons (Fsp3) is 0.571. The van der Waals surface area contributed by atoms with Gasteiger partial charge in [-0.2, -0.15) is 0 Å². The normalized spacial score (nSPS) is 17.0. The fourth-order valence-electron chi connectivity index (χ4n) is 3.68. The molecule has 1 saturated heterocycles. The van der Waals surface area contributed by atoms with Gasteiger partial charge in [0.1, 0.15) is 6.54 Å². The minimum absolute atomic E-state index is 0.114. The number of carbonyl (C=O) groups excluding carboxylic acids is 2. The van der Waals surface area contributed by atoms with E-state index in [1.807, 2.05) is 42.1 Å². The van der Waals surface area contributed by atoms with Crippen molar-refractivity contribution in [3.63, 3.8) is 0 Å². The van der Waals surface area contributed by atoms with Gasteiger partial charge in [-0.15, -0.1) is 0 Å². The summed E-state index contributed by atoms with van der Waals surface area (Å²) >= 11 is 0. The van der Waals surface area contributed by atoms with Crippen LogP contribution in [0, 0.1) is 0 Å². The Morgan fingerprint density at radius 3 is 2.57 bits per heavy atom. The predicted octanol–water partition coefficient (Wildman–Crippen LogP) is 2.00. The summed E-state index contributed by atoms with van der Waals surface area (Å²) in [5.41, 5.74) is 2.25. The molecule has 0 spiro atoms. The third-order valence-corrected chi connectivity index (χ3v) is 5.26. The highest BCUT2D eigenvalue weighted by Gasteiger charge is 2.27. The van der Waals surface area contributed by atoms with Crippen LogP contribution in [0.1, 0.15) is 38.2 Å². The Bertz CT molecular complexity index is 705. The summed E-state index contributed by atoms with van der Waals surface area (Å²) in [6.07, 6.45) is 3.26. The number of amides is 2. The fourth-order valence-corrected chi connectivity index (χ4v) is 3.68. The molecular formula is C21H31N3O4. The maximum absolute atomic E-state index is 12.7. The van der Waals surface area contributed by atoms with Crippen LogP contribution in [-0.2, 0) is 20.8 Å². The van der Waals surface area contributed by atoms with Crippen molar-refractivity contribution in [2.24, 2.45) is 0 Å². The molecule has 2 rings (SSSR count). The van der Waals surface area contributed by atoms with E-state index in [2.05, 4.69) is 6.07 Å². The SMILES string of the molecule is CC(=O)N(CC(=O)O)C1CCCN(C(=O)CCc2cccc(N(C)C)c2)CC1. The first kappa shape index (κ1) is 21.7. The molecule has 0 saturated carbocycles. The maximum Gasteiger partial charge on any atom is 0.323 e. The second-order valence-electron chi connectivity index (χ2n) is 7.57. The van der Waals surface area contributed by atoms with Crippen molar-refractivity contribution in [1.82, 2.24) is 9.80 Å². The summed E-state index contributed by atoms with van der Waals surface area (Å²) in [5, 5.41) is 9.04. The van der Waals surface area contributed by atoms with E-state index >= 15 is 0 Å². The van der Waals surface area contributed by atoms with Crippen molar-refractivity contribution in [1.29, 1.82) is 0 Å². The highest BCUT2D eigenvalue weighted by Crippen LogP contribution is 2.19. The number of benzene rings is 1. The van der Waals surface area contributed by atoms with Crippen LogP contribution in [-0.4, -0.2) is 72.5 Å². The number of aryl methyl sites for hydroxylation is 1. The van der Waals surface area contributed by atoms with Crippen LogP contribution in [0.4, 0.5) is 5.69 Å². The molecule has 28 heavy (non-hydrogen) atoms. The predicted molar refractivity (Wildman–Crippen MR) is 108 cm³/mol. The summed E-state index contributed by atoms with van der Waals surface area (Å²) in [5.74, 6) is -1.12. The number of nitrogens with zero attached hydrogens (tertiary/aromatic N) is 3. The number of carbonyl (C=O) groups is 3. The molecule has 2 amide bonds. The van der Waals surface area contributed by atoms with Crippen molar-refractivity contribution in [2.75, 3.05) is 38.6 Å². The highest BCUT2D eigenvalue weighted by atomic mass is 16.4. The Morgan fingerprint density at radius 1 is 1.18 bits per heavy atom. The van der Waals surface area contributed by atoms with Gasteiger partial charge in [-0.05, 0) is 43.4 Å². The number of carboxylic acids is 1. The van der Waals surface area contributed by atoms with Crippen LogP contribution in [0.5, 0.6) is 0 Å². The van der Waals surface area contributed by atoms with Crippen molar-refractivity contribution >= 4 is 23.5 Å². The van der Waals surface area contributed by atoms with E-state index in [0.29, 0.717) is 32.4 Å². The lowest BCUT2D eigenvalue weighted by atomic mass is 10.1. The Hall–Kier alpha value is -2.57. The second kappa shape index (κ2) is 10.1. The van der Waals surface area contributed by atoms with Gasteiger partial charge in [-0.1, -0.05) is 12.1 Å². The molecule has 7 nitrogen and oxygen atoms in total. The number of carboxylic acid groups (broad SMARTS) is 1. The van der Waals surface area contributed by atoms with Crippen LogP contribution in [0.2, 0.25) is 0 Å². The Kier molecular flexibility index (Phi) is 7.84. The summed E-state index contributed by atoms with van der Waals surface area (Å²) in [7, 11) is 3.99. The molecule has 0 bridgehead atoms. The molecule has 1 N–H and O–H groups in total. The van der Waals surface area contributed by atoms with E-state index in [-0.39, 0.29) is 24.4 Å². The zero-order valence-corrected chi connectivity index (χ0v) is 17.1. The minimum Gasteiger partial charge on any atom is -0.480 e. The van der Waals surface area contributed by atoms with E-state index in [1.165, 1.54) is 11.8 Å². The number of hydrogen-bond acceptors (Lipinski definition) is 4. The number of aliphatic carboxylic acids is 1. The maximum atomic E-state index is 12.7. The Labute approximate surface area is 166 Å². The topological polar surface area (TPSA) is 81.2 Å². The zero-order valence-electron chi connectivity index (χ0n) is 17.1. The number of likely N-dealkylation sites (tertiary alicyclic amines) is 1. The van der Waals surface area contributed by atoms with Gasteiger partial charge in [-0.3, -0.25) is 14.4 Å². The monoisotopic (exact) mass is 389 g/mol. The Balaban J connectivity index is 1.90. The summed E-state index contributed by atoms with van der Waals surface area (Å²) in [4.78, 5) is 40.8. The van der Waals surface area contributed by atoms with Crippen molar-refractivity contribution in [2.45, 2.75) is 45.1 Å². The van der Waals surface area contributed by atoms with E-state index in [1.54, 1.807) is 0 Å². The van der Waals surface area contributed by atoms with E-state index < -0.39 is 5.97 Å². The first-order valence-corrected chi connectivity index (χ1v) is 9.81. The molecule has 1 heterocycles. The summed E-state index contributed by atoms with van der Waals surface area (Å²) in [6.45, 7) is 2.34. The van der Waals surface area contributed by atoms with Crippen molar-refractivity contribution in [3.8, 4) is 0 Å². The van der Waals surface area contributed by atoms with Gasteiger partial charge in [0, 0.05) is 52.3 Å². The molecule has 1 aromatic carbocycles. The third-order valence-electron chi connectivity index (χ3n) is 5.26. The lowest BCUT2D eigenvalue weighted by Crippen LogP contribution is -2.43. The number of anilines is 1. The van der Waals surface area contributed by atoms with Gasteiger partial charge >= 0.3 is 5.97 Å². The van der Waals surface area contributed by atoms with E-state index in [0.717, 1.165) is 24.1 Å². The van der Waals surface area contributed by atoms with Crippen LogP contribution in [0.3, 0.4) is 0 Å². The second-order valence-corrected chi connectivity index (χ2v) is 7.57. The van der Waals surface area contributed by atoms with Gasteiger partial charge in [0.25, 0.3) is 0 Å². The lowest BCUT2D eigenvalue weighted by Gasteiger charge is -2.28. The van der Waals surface area contributed by atoms with Crippen molar-refractivity contribution in [3.05, 3.63) is 29.8 Å². The molecule has 0 aromatic heterocycles. The molecule has 1 fully saturated rings. The smallest absolute Gasteiger partial charge is 0.323 e. The minimum atomic E-state index is -1.01. The average molecular weight is 389 g/mol. The molecule has 0 radical (unpaired) electrons. The quantitative estimate of drug-likeness (QED) is 0.771. The van der Waals surface area contributed by atoms with Crippen LogP contribution >= 0.6 is 0 Å². The molecule has 7 heteroatoms. The van der Waals surface area contributed by atoms with E-state index in [9.17, 15) is 14.4 Å². The van der Waals surface area contributed by atoms with Crippen LogP contribution in [0.15, 0.2) is 24.3 Å². The molecule has 154 valence electrons. The van der Waals surface area contributed by atoms with Gasteiger partial charge in [0.15, 0.2) is 0 Å². The van der Waals surface area contributed by atoms with Gasteiger partial charge in [-0.25, -0.2) is 0 Å². The molecule has 0 aliphatic carbocycles. The van der Waals surface area contributed by atoms with E-state index in [4.69, 9.17) is 5.11 Å². The highest BCUT2D eigenvalue weighted by molar-refractivity contribution is 5.80. The molecule has 1 unspecified atom stereocenters. The van der Waals surface area contributed by atoms with Gasteiger partial charge in [0.05, 0.1) is 0 Å². The average Bonchev–Trinajstić information content (AvgIpc) is 2.90. The molecular weight excluding hydrogens is 358 g/mol. The summed E-state index contributed by atoms with van der Waals surface area (Å²) < 4.78 is 0. The third kappa shape index (κ3) is 6.25. The first-order valence-electron chi connectivity index (χ1n) is 9.81.